The summed E-state index contributed by atoms with van der Waals surface area (Å²) in [4.78, 5) is 0. The summed E-state index contributed by atoms with van der Waals surface area (Å²) in [5, 5.41) is 0.781. The first kappa shape index (κ1) is 14.5. The van der Waals surface area contributed by atoms with Crippen molar-refractivity contribution in [3.63, 3.8) is 0 Å². The SMILES string of the molecule is CCCC(C)CC(NN)c1ccc(Cl)cc1C. The maximum absolute atomic E-state index is 5.97. The van der Waals surface area contributed by atoms with Crippen molar-refractivity contribution in [3.8, 4) is 0 Å². The second-order valence-corrected chi connectivity index (χ2v) is 5.29. The largest absolute Gasteiger partial charge is 0.271 e. The zero-order valence-corrected chi connectivity index (χ0v) is 11.7. The summed E-state index contributed by atoms with van der Waals surface area (Å²) in [6.07, 6.45) is 3.52. The number of nitrogens with one attached hydrogen (secondary N) is 1. The summed E-state index contributed by atoms with van der Waals surface area (Å²) in [5.41, 5.74) is 5.37. The molecule has 1 aromatic carbocycles. The van der Waals surface area contributed by atoms with Gasteiger partial charge in [0.1, 0.15) is 0 Å². The molecule has 0 heterocycles. The molecule has 0 aromatic heterocycles. The lowest BCUT2D eigenvalue weighted by Gasteiger charge is -2.22. The predicted octanol–water partition coefficient (Wildman–Crippen LogP) is 3.98. The van der Waals surface area contributed by atoms with Gasteiger partial charge in [-0.05, 0) is 42.5 Å². The van der Waals surface area contributed by atoms with Crippen LogP contribution in [0.15, 0.2) is 18.2 Å². The fraction of sp³-hybridized carbons (Fsp3) is 0.571. The molecule has 96 valence electrons. The van der Waals surface area contributed by atoms with Crippen LogP contribution in [0.4, 0.5) is 0 Å². The lowest BCUT2D eigenvalue weighted by molar-refractivity contribution is 0.394. The van der Waals surface area contributed by atoms with E-state index in [4.69, 9.17) is 17.4 Å². The number of rotatable bonds is 6. The van der Waals surface area contributed by atoms with Crippen LogP contribution in [0.25, 0.3) is 0 Å². The molecular formula is C14H23ClN2. The maximum atomic E-state index is 5.97. The van der Waals surface area contributed by atoms with E-state index in [1.165, 1.54) is 24.0 Å². The van der Waals surface area contributed by atoms with Crippen LogP contribution in [0, 0.1) is 12.8 Å². The van der Waals surface area contributed by atoms with Gasteiger partial charge in [-0.25, -0.2) is 0 Å². The van der Waals surface area contributed by atoms with Crippen LogP contribution in [0.2, 0.25) is 5.02 Å². The van der Waals surface area contributed by atoms with E-state index in [2.05, 4.69) is 32.3 Å². The van der Waals surface area contributed by atoms with E-state index >= 15 is 0 Å². The Morgan fingerprint density at radius 3 is 2.65 bits per heavy atom. The third-order valence-corrected chi connectivity index (χ3v) is 3.46. The fourth-order valence-electron chi connectivity index (χ4n) is 2.33. The molecule has 0 spiro atoms. The van der Waals surface area contributed by atoms with Crippen LogP contribution in [-0.4, -0.2) is 0 Å². The zero-order valence-electron chi connectivity index (χ0n) is 11.0. The molecule has 1 aromatic rings. The molecule has 0 fully saturated rings. The first-order chi connectivity index (χ1) is 8.08. The Morgan fingerprint density at radius 2 is 2.12 bits per heavy atom. The lowest BCUT2D eigenvalue weighted by atomic mass is 9.91. The number of aryl methyl sites for hydroxylation is 1. The van der Waals surface area contributed by atoms with Crippen LogP contribution in [0.3, 0.4) is 0 Å². The molecule has 2 nitrogen and oxygen atoms in total. The highest BCUT2D eigenvalue weighted by atomic mass is 35.5. The highest BCUT2D eigenvalue weighted by Gasteiger charge is 2.15. The predicted molar refractivity (Wildman–Crippen MR) is 74.9 cm³/mol. The van der Waals surface area contributed by atoms with E-state index in [-0.39, 0.29) is 6.04 Å². The molecule has 3 heteroatoms. The quantitative estimate of drug-likeness (QED) is 0.595. The van der Waals surface area contributed by atoms with Gasteiger partial charge in [0.25, 0.3) is 0 Å². The third-order valence-electron chi connectivity index (χ3n) is 3.23. The lowest BCUT2D eigenvalue weighted by Crippen LogP contribution is -2.29. The van der Waals surface area contributed by atoms with Gasteiger partial charge < -0.3 is 0 Å². The Labute approximate surface area is 110 Å². The summed E-state index contributed by atoms with van der Waals surface area (Å²) in [7, 11) is 0. The number of halogens is 1. The molecule has 0 saturated heterocycles. The molecule has 2 unspecified atom stereocenters. The first-order valence-corrected chi connectivity index (χ1v) is 6.68. The van der Waals surface area contributed by atoms with Gasteiger partial charge in [0.2, 0.25) is 0 Å². The summed E-state index contributed by atoms with van der Waals surface area (Å²) >= 11 is 5.97. The van der Waals surface area contributed by atoms with E-state index in [0.29, 0.717) is 5.92 Å². The van der Waals surface area contributed by atoms with Crippen LogP contribution in [0.5, 0.6) is 0 Å². The molecule has 3 N–H and O–H groups in total. The molecule has 0 bridgehead atoms. The van der Waals surface area contributed by atoms with Crippen LogP contribution in [-0.2, 0) is 0 Å². The maximum Gasteiger partial charge on any atom is 0.0465 e. The number of benzene rings is 1. The molecule has 0 radical (unpaired) electrons. The molecule has 0 aliphatic carbocycles. The average molecular weight is 255 g/mol. The Bertz CT molecular complexity index is 352. The highest BCUT2D eigenvalue weighted by molar-refractivity contribution is 6.30. The van der Waals surface area contributed by atoms with Crippen molar-refractivity contribution in [1.29, 1.82) is 0 Å². The van der Waals surface area contributed by atoms with Crippen molar-refractivity contribution in [2.24, 2.45) is 11.8 Å². The minimum atomic E-state index is 0.216. The van der Waals surface area contributed by atoms with Crippen LogP contribution < -0.4 is 11.3 Å². The van der Waals surface area contributed by atoms with Crippen molar-refractivity contribution in [3.05, 3.63) is 34.3 Å². The van der Waals surface area contributed by atoms with Crippen molar-refractivity contribution in [2.45, 2.75) is 46.1 Å². The minimum absolute atomic E-state index is 0.216. The van der Waals surface area contributed by atoms with Crippen molar-refractivity contribution < 1.29 is 0 Å². The van der Waals surface area contributed by atoms with Crippen LogP contribution >= 0.6 is 11.6 Å². The normalized spacial score (nSPS) is 14.6. The number of hydrogen-bond acceptors (Lipinski definition) is 2. The summed E-state index contributed by atoms with van der Waals surface area (Å²) in [6, 6.07) is 6.21. The molecule has 17 heavy (non-hydrogen) atoms. The molecule has 2 atom stereocenters. The van der Waals surface area contributed by atoms with Crippen molar-refractivity contribution >= 4 is 11.6 Å². The van der Waals surface area contributed by atoms with E-state index < -0.39 is 0 Å². The summed E-state index contributed by atoms with van der Waals surface area (Å²) < 4.78 is 0. The first-order valence-electron chi connectivity index (χ1n) is 6.30. The topological polar surface area (TPSA) is 38.0 Å². The van der Waals surface area contributed by atoms with E-state index in [1.807, 2.05) is 12.1 Å². The van der Waals surface area contributed by atoms with E-state index in [0.717, 1.165) is 11.4 Å². The van der Waals surface area contributed by atoms with Crippen molar-refractivity contribution in [2.75, 3.05) is 0 Å². The minimum Gasteiger partial charge on any atom is -0.271 e. The monoisotopic (exact) mass is 254 g/mol. The average Bonchev–Trinajstić information content (AvgIpc) is 2.27. The highest BCUT2D eigenvalue weighted by Crippen LogP contribution is 2.27. The molecular weight excluding hydrogens is 232 g/mol. The van der Waals surface area contributed by atoms with Crippen molar-refractivity contribution in [1.82, 2.24) is 5.43 Å². The van der Waals surface area contributed by atoms with Gasteiger partial charge in [-0.2, -0.15) is 0 Å². The van der Waals surface area contributed by atoms with Gasteiger partial charge in [-0.3, -0.25) is 11.3 Å². The van der Waals surface area contributed by atoms with Gasteiger partial charge in [0.05, 0.1) is 0 Å². The van der Waals surface area contributed by atoms with Gasteiger partial charge in [0, 0.05) is 11.1 Å². The number of hydrazine groups is 1. The molecule has 0 aliphatic rings. The second-order valence-electron chi connectivity index (χ2n) is 4.85. The van der Waals surface area contributed by atoms with Gasteiger partial charge in [-0.1, -0.05) is 44.4 Å². The zero-order chi connectivity index (χ0) is 12.8. The third kappa shape index (κ3) is 4.30. The molecule has 1 rings (SSSR count). The second kappa shape index (κ2) is 7.00. The molecule has 0 amide bonds. The Hall–Kier alpha value is -0.570. The standard InChI is InChI=1S/C14H23ClN2/c1-4-5-10(2)8-14(17-16)13-7-6-12(15)9-11(13)3/h6-7,9-10,14,17H,4-5,8,16H2,1-3H3. The Kier molecular flexibility index (Phi) is 5.96. The van der Waals surface area contributed by atoms with Crippen LogP contribution in [0.1, 0.15) is 50.3 Å². The van der Waals surface area contributed by atoms with E-state index in [1.54, 1.807) is 0 Å². The van der Waals surface area contributed by atoms with Gasteiger partial charge in [-0.15, -0.1) is 0 Å². The fourth-order valence-corrected chi connectivity index (χ4v) is 2.55. The Balaban J connectivity index is 2.79. The number of hydrogen-bond donors (Lipinski definition) is 2. The summed E-state index contributed by atoms with van der Waals surface area (Å²) in [5.74, 6) is 6.35. The summed E-state index contributed by atoms with van der Waals surface area (Å²) in [6.45, 7) is 6.57. The molecule has 0 aliphatic heterocycles. The van der Waals surface area contributed by atoms with Gasteiger partial charge >= 0.3 is 0 Å². The van der Waals surface area contributed by atoms with E-state index in [9.17, 15) is 0 Å². The molecule has 0 saturated carbocycles. The number of nitrogens with two attached hydrogens (primary N) is 1. The smallest absolute Gasteiger partial charge is 0.0465 e. The van der Waals surface area contributed by atoms with Gasteiger partial charge in [0.15, 0.2) is 0 Å². The Morgan fingerprint density at radius 1 is 1.41 bits per heavy atom.